The summed E-state index contributed by atoms with van der Waals surface area (Å²) in [5.74, 6) is 0.737. The Balaban J connectivity index is 0.000000194. The predicted octanol–water partition coefficient (Wildman–Crippen LogP) is 9.69. The molecule has 442 valence electrons. The topological polar surface area (TPSA) is 221 Å². The second-order valence-electron chi connectivity index (χ2n) is 21.1. The summed E-state index contributed by atoms with van der Waals surface area (Å²) in [4.78, 5) is 33.7. The van der Waals surface area contributed by atoms with Crippen molar-refractivity contribution in [2.45, 2.75) is 142 Å². The van der Waals surface area contributed by atoms with Crippen LogP contribution in [0, 0.1) is 19.8 Å². The Morgan fingerprint density at radius 2 is 1.10 bits per heavy atom. The first kappa shape index (κ1) is 63.5. The van der Waals surface area contributed by atoms with Crippen molar-refractivity contribution in [3.05, 3.63) is 126 Å². The van der Waals surface area contributed by atoms with Crippen molar-refractivity contribution in [1.82, 2.24) is 29.5 Å². The Kier molecular flexibility index (Phi) is 22.4. The highest BCUT2D eigenvalue weighted by Crippen LogP contribution is 2.37. The lowest BCUT2D eigenvalue weighted by atomic mass is 9.79. The van der Waals surface area contributed by atoms with Gasteiger partial charge >= 0.3 is 19.3 Å². The largest absolute Gasteiger partial charge is 0.494 e. The summed E-state index contributed by atoms with van der Waals surface area (Å²) < 4.78 is 67.5. The number of nitrogens with zero attached hydrogens (tertiary/aromatic N) is 6. The molecule has 2 saturated heterocycles. The Hall–Kier alpha value is -6.12. The number of ether oxygens (including phenoxy) is 9. The van der Waals surface area contributed by atoms with E-state index >= 15 is 0 Å². The van der Waals surface area contributed by atoms with Crippen molar-refractivity contribution in [3.8, 4) is 22.8 Å². The molecule has 3 aliphatic rings. The molecule has 6 aromatic rings. The maximum absolute atomic E-state index is 12.7. The molecule has 9 rings (SSSR count). The SMILES string of the molecule is CCOC1C(OC)[C@H](OC(=O)Nc2ccc(-c3ncn(-c4ccc(C)cc4)n3)cc2)CC(C)[C@@H]1OC.CCO[C@@H]1[C@@H](OC)[C@H](C)O[C@@H](OC(=O)Nc2ccc(B3OC(C)(C)C(C)(C)O3)cc2)[C@@H]1OC.Cc1ccc(-n2cnc(Br)n2)cc1. The third-order valence-electron chi connectivity index (χ3n) is 14.8. The third kappa shape index (κ3) is 15.9. The molecule has 3 unspecified atom stereocenters. The van der Waals surface area contributed by atoms with E-state index in [2.05, 4.69) is 60.6 Å². The number of benzene rings is 4. The molecule has 21 nitrogen and oxygen atoms in total. The Bertz CT molecular complexity index is 2930. The molecule has 10 atom stereocenters. The fraction of sp³-hybridized carbons (Fsp3) is 0.492. The van der Waals surface area contributed by atoms with Crippen molar-refractivity contribution in [1.29, 1.82) is 0 Å². The molecule has 1 saturated carbocycles. The van der Waals surface area contributed by atoms with E-state index in [-0.39, 0.29) is 30.3 Å². The lowest BCUT2D eigenvalue weighted by Gasteiger charge is -2.43. The Labute approximate surface area is 489 Å². The van der Waals surface area contributed by atoms with Gasteiger partial charge in [-0.3, -0.25) is 10.6 Å². The molecule has 0 radical (unpaired) electrons. The second kappa shape index (κ2) is 28.9. The van der Waals surface area contributed by atoms with Gasteiger partial charge in [0.1, 0.15) is 49.3 Å². The van der Waals surface area contributed by atoms with Crippen LogP contribution in [0.15, 0.2) is 114 Å². The third-order valence-corrected chi connectivity index (χ3v) is 15.2. The van der Waals surface area contributed by atoms with Crippen molar-refractivity contribution in [2.75, 3.05) is 52.3 Å². The van der Waals surface area contributed by atoms with Gasteiger partial charge in [0.15, 0.2) is 5.82 Å². The number of methoxy groups -OCH3 is 4. The molecule has 2 amide bonds. The van der Waals surface area contributed by atoms with Gasteiger partial charge in [0.2, 0.25) is 11.0 Å². The van der Waals surface area contributed by atoms with Crippen LogP contribution in [0.5, 0.6) is 0 Å². The van der Waals surface area contributed by atoms with Crippen LogP contribution < -0.4 is 16.1 Å². The maximum atomic E-state index is 12.7. The Morgan fingerprint density at radius 1 is 0.622 bits per heavy atom. The van der Waals surface area contributed by atoms with Gasteiger partial charge in [0.25, 0.3) is 0 Å². The van der Waals surface area contributed by atoms with Crippen LogP contribution in [-0.2, 0) is 51.9 Å². The molecular formula is C59H78BBrN8O13. The number of aryl methyl sites for hydroxylation is 2. The minimum absolute atomic E-state index is 0.131. The van der Waals surface area contributed by atoms with Gasteiger partial charge < -0.3 is 51.9 Å². The predicted molar refractivity (Wildman–Crippen MR) is 314 cm³/mol. The summed E-state index contributed by atoms with van der Waals surface area (Å²) in [5, 5.41) is 14.2. The summed E-state index contributed by atoms with van der Waals surface area (Å²) >= 11 is 3.20. The number of carbonyl (C=O) groups is 2. The van der Waals surface area contributed by atoms with Crippen molar-refractivity contribution < 1.29 is 61.5 Å². The summed E-state index contributed by atoms with van der Waals surface area (Å²) in [5.41, 5.74) is 6.41. The van der Waals surface area contributed by atoms with Crippen molar-refractivity contribution in [2.24, 2.45) is 5.92 Å². The molecular weight excluding hydrogens is 1120 g/mol. The molecule has 23 heteroatoms. The maximum Gasteiger partial charge on any atom is 0.494 e. The van der Waals surface area contributed by atoms with Crippen LogP contribution in [0.4, 0.5) is 21.0 Å². The summed E-state index contributed by atoms with van der Waals surface area (Å²) in [6.07, 6.45) is -1.29. The lowest BCUT2D eigenvalue weighted by molar-refractivity contribution is -0.292. The molecule has 0 spiro atoms. The van der Waals surface area contributed by atoms with Gasteiger partial charge in [-0.15, -0.1) is 10.2 Å². The first-order valence-electron chi connectivity index (χ1n) is 27.4. The van der Waals surface area contributed by atoms with E-state index in [9.17, 15) is 9.59 Å². The number of carbonyl (C=O) groups excluding carboxylic acids is 2. The molecule has 3 fully saturated rings. The van der Waals surface area contributed by atoms with Crippen LogP contribution in [0.3, 0.4) is 0 Å². The van der Waals surface area contributed by atoms with E-state index in [4.69, 9.17) is 51.9 Å². The number of aromatic nitrogens is 6. The summed E-state index contributed by atoms with van der Waals surface area (Å²) in [6, 6.07) is 30.7. The zero-order chi connectivity index (χ0) is 59.3. The fourth-order valence-electron chi connectivity index (χ4n) is 9.75. The monoisotopic (exact) mass is 1200 g/mol. The highest BCUT2D eigenvalue weighted by molar-refractivity contribution is 9.10. The van der Waals surface area contributed by atoms with E-state index < -0.39 is 61.2 Å². The van der Waals surface area contributed by atoms with Crippen LogP contribution in [-0.4, -0.2) is 157 Å². The molecule has 1 aliphatic carbocycles. The summed E-state index contributed by atoms with van der Waals surface area (Å²) in [6.45, 7) is 20.8. The van der Waals surface area contributed by atoms with E-state index in [0.29, 0.717) is 41.6 Å². The van der Waals surface area contributed by atoms with Gasteiger partial charge in [-0.1, -0.05) is 54.4 Å². The number of nitrogens with one attached hydrogen (secondary N) is 2. The van der Waals surface area contributed by atoms with E-state index in [1.54, 1.807) is 67.6 Å². The van der Waals surface area contributed by atoms with E-state index in [1.807, 2.05) is 128 Å². The van der Waals surface area contributed by atoms with Gasteiger partial charge in [0.05, 0.1) is 34.8 Å². The lowest BCUT2D eigenvalue weighted by Crippen LogP contribution is -2.60. The number of halogens is 1. The highest BCUT2D eigenvalue weighted by atomic mass is 79.9. The van der Waals surface area contributed by atoms with Gasteiger partial charge in [-0.25, -0.2) is 28.9 Å². The first-order chi connectivity index (χ1) is 39.2. The smallest absolute Gasteiger partial charge is 0.443 e. The minimum Gasteiger partial charge on any atom is -0.443 e. The highest BCUT2D eigenvalue weighted by Gasteiger charge is 2.52. The van der Waals surface area contributed by atoms with Crippen LogP contribution in [0.2, 0.25) is 0 Å². The zero-order valence-corrected chi connectivity index (χ0v) is 50.8. The average molecular weight is 1200 g/mol. The summed E-state index contributed by atoms with van der Waals surface area (Å²) in [7, 11) is 5.90. The number of rotatable bonds is 16. The molecule has 82 heavy (non-hydrogen) atoms. The van der Waals surface area contributed by atoms with Crippen LogP contribution in [0.25, 0.3) is 22.8 Å². The standard InChI is InChI=1S/C27H34N4O5.C23H36BNO8.C9H8BrN3/c1-6-35-25-23(33-4)18(3)15-22(24(25)34-5)36-27(32)29-20-11-9-19(10-12-20)26-28-16-31(30-26)21-13-7-17(2)8-14-21;1-9-29-18-17(27-7)14(2)30-20(19(18)28-8)31-21(26)25-16-12-10-15(11-13-16)24-32-22(3,4)23(5,6)33-24;1-7-2-4-8(5-3-7)13-6-11-9(10)12-13/h7-14,16,18,22-25H,6,15H2,1-5H3,(H,29,32);10-14,17-20H,9H2,1-8H3,(H,25,26);2-6H,1H3/t18?,22-,23+,24?,25?;14-,17-,18+,19+,20-;/m10./s1. The molecule has 2 N–H and O–H groups in total. The quantitative estimate of drug-likeness (QED) is 0.0861. The van der Waals surface area contributed by atoms with Crippen molar-refractivity contribution >= 4 is 52.1 Å². The van der Waals surface area contributed by atoms with Gasteiger partial charge in [0, 0.05) is 58.6 Å². The number of anilines is 2. The number of amides is 2. The minimum atomic E-state index is -0.947. The van der Waals surface area contributed by atoms with Gasteiger partial charge in [-0.05, 0) is 157 Å². The first-order valence-corrected chi connectivity index (χ1v) is 28.1. The molecule has 4 heterocycles. The normalized spacial score (nSPS) is 24.5. The molecule has 2 aromatic heterocycles. The molecule has 0 bridgehead atoms. The molecule has 2 aliphatic heterocycles. The second-order valence-corrected chi connectivity index (χ2v) is 21.8. The van der Waals surface area contributed by atoms with Crippen LogP contribution in [0.1, 0.15) is 72.9 Å². The molecule has 4 aromatic carbocycles. The van der Waals surface area contributed by atoms with E-state index in [0.717, 1.165) is 22.4 Å². The number of hydrogen-bond acceptors (Lipinski definition) is 17. The zero-order valence-electron chi connectivity index (χ0n) is 49.2. The van der Waals surface area contributed by atoms with Gasteiger partial charge in [-0.2, -0.15) is 0 Å². The fourth-order valence-corrected chi connectivity index (χ4v) is 10.0. The van der Waals surface area contributed by atoms with Crippen LogP contribution >= 0.6 is 15.9 Å². The van der Waals surface area contributed by atoms with E-state index in [1.165, 1.54) is 18.2 Å². The number of hydrogen-bond donors (Lipinski definition) is 2. The van der Waals surface area contributed by atoms with Crippen molar-refractivity contribution in [3.63, 3.8) is 0 Å². The average Bonchev–Trinajstić information content (AvgIpc) is 4.34. The Morgan fingerprint density at radius 3 is 1.59 bits per heavy atom.